The molecule has 2 aromatic carbocycles. The lowest BCUT2D eigenvalue weighted by Crippen LogP contribution is -2.14. The van der Waals surface area contributed by atoms with Gasteiger partial charge in [-0.25, -0.2) is 0 Å². The summed E-state index contributed by atoms with van der Waals surface area (Å²) in [5.41, 5.74) is 3.36. The maximum Gasteiger partial charge on any atom is 0.257 e. The maximum absolute atomic E-state index is 12.4. The van der Waals surface area contributed by atoms with Crippen molar-refractivity contribution in [3.8, 4) is 0 Å². The minimum absolute atomic E-state index is 0.101. The van der Waals surface area contributed by atoms with Crippen LogP contribution in [-0.2, 0) is 0 Å². The zero-order chi connectivity index (χ0) is 14.5. The largest absolute Gasteiger partial charge is 0.387 e. The van der Waals surface area contributed by atoms with Crippen LogP contribution in [0.2, 0.25) is 0 Å². The molecule has 0 spiro atoms. The summed E-state index contributed by atoms with van der Waals surface area (Å²) in [4.78, 5) is 13.5. The molecule has 0 bridgehead atoms. The molecule has 0 aliphatic rings. The number of carbonyl (C=O) groups excluding carboxylic acids is 1. The van der Waals surface area contributed by atoms with Gasteiger partial charge in [0.1, 0.15) is 0 Å². The molecule has 104 valence electrons. The first kappa shape index (κ1) is 14.5. The fourth-order valence-corrected chi connectivity index (χ4v) is 2.42. The van der Waals surface area contributed by atoms with E-state index in [-0.39, 0.29) is 5.91 Å². The predicted molar refractivity (Wildman–Crippen MR) is 86.9 cm³/mol. The summed E-state index contributed by atoms with van der Waals surface area (Å²) in [5, 5.41) is 5.99. The fraction of sp³-hybridized carbons (Fsp3) is 0.188. The average Bonchev–Trinajstić information content (AvgIpc) is 2.47. The van der Waals surface area contributed by atoms with Crippen molar-refractivity contribution in [2.24, 2.45) is 0 Å². The summed E-state index contributed by atoms with van der Waals surface area (Å²) in [6.07, 6.45) is 2.01. The lowest BCUT2D eigenvalue weighted by atomic mass is 10.1. The first-order valence-corrected chi connectivity index (χ1v) is 7.60. The van der Waals surface area contributed by atoms with Crippen molar-refractivity contribution in [3.05, 3.63) is 53.6 Å². The normalized spacial score (nSPS) is 10.2. The summed E-state index contributed by atoms with van der Waals surface area (Å²) in [6, 6.07) is 13.6. The van der Waals surface area contributed by atoms with Gasteiger partial charge in [-0.05, 0) is 43.5 Å². The number of thioether (sulfide) groups is 1. The van der Waals surface area contributed by atoms with E-state index >= 15 is 0 Å². The molecule has 4 heteroatoms. The molecule has 0 saturated carbocycles. The van der Waals surface area contributed by atoms with Gasteiger partial charge in [0.2, 0.25) is 0 Å². The van der Waals surface area contributed by atoms with E-state index in [4.69, 9.17) is 0 Å². The summed E-state index contributed by atoms with van der Waals surface area (Å²) < 4.78 is 0. The Morgan fingerprint density at radius 2 is 1.95 bits per heavy atom. The van der Waals surface area contributed by atoms with Crippen LogP contribution in [0.3, 0.4) is 0 Å². The van der Waals surface area contributed by atoms with Crippen molar-refractivity contribution in [1.82, 2.24) is 0 Å². The molecule has 3 nitrogen and oxygen atoms in total. The van der Waals surface area contributed by atoms with E-state index < -0.39 is 0 Å². The van der Waals surface area contributed by atoms with Gasteiger partial charge >= 0.3 is 0 Å². The zero-order valence-corrected chi connectivity index (χ0v) is 12.7. The molecule has 0 unspecified atom stereocenters. The van der Waals surface area contributed by atoms with Crippen LogP contribution in [0.15, 0.2) is 47.4 Å². The number of nitrogens with one attached hydrogen (secondary N) is 2. The third-order valence-corrected chi connectivity index (χ3v) is 3.74. The molecule has 0 radical (unpaired) electrons. The van der Waals surface area contributed by atoms with Crippen LogP contribution in [-0.4, -0.2) is 19.2 Å². The van der Waals surface area contributed by atoms with Crippen LogP contribution in [0.5, 0.6) is 0 Å². The number of benzene rings is 2. The second kappa shape index (κ2) is 6.48. The molecule has 0 aromatic heterocycles. The van der Waals surface area contributed by atoms with Gasteiger partial charge in [-0.1, -0.05) is 17.7 Å². The Morgan fingerprint density at radius 1 is 1.15 bits per heavy atom. The minimum Gasteiger partial charge on any atom is -0.387 e. The smallest absolute Gasteiger partial charge is 0.257 e. The third-order valence-electron chi connectivity index (χ3n) is 3.02. The van der Waals surface area contributed by atoms with Crippen molar-refractivity contribution in [2.75, 3.05) is 23.9 Å². The molecule has 2 aromatic rings. The molecule has 0 fully saturated rings. The Balaban J connectivity index is 2.25. The van der Waals surface area contributed by atoms with E-state index in [9.17, 15) is 4.79 Å². The monoisotopic (exact) mass is 286 g/mol. The lowest BCUT2D eigenvalue weighted by molar-refractivity contribution is 0.102. The van der Waals surface area contributed by atoms with Crippen LogP contribution < -0.4 is 10.6 Å². The van der Waals surface area contributed by atoms with Crippen LogP contribution in [0.1, 0.15) is 15.9 Å². The Hall–Kier alpha value is -1.94. The lowest BCUT2D eigenvalue weighted by Gasteiger charge is -2.11. The highest BCUT2D eigenvalue weighted by molar-refractivity contribution is 7.98. The molecule has 0 aliphatic carbocycles. The Morgan fingerprint density at radius 3 is 2.65 bits per heavy atom. The third kappa shape index (κ3) is 3.33. The van der Waals surface area contributed by atoms with Gasteiger partial charge in [-0.2, -0.15) is 0 Å². The highest BCUT2D eigenvalue weighted by atomic mass is 32.2. The Kier molecular flexibility index (Phi) is 4.69. The summed E-state index contributed by atoms with van der Waals surface area (Å²) in [5.74, 6) is -0.101. The summed E-state index contributed by atoms with van der Waals surface area (Å²) in [7, 11) is 1.82. The molecular weight excluding hydrogens is 268 g/mol. The van der Waals surface area contributed by atoms with E-state index in [1.54, 1.807) is 11.8 Å². The molecule has 0 aliphatic heterocycles. The van der Waals surface area contributed by atoms with Crippen LogP contribution in [0.4, 0.5) is 11.4 Å². The van der Waals surface area contributed by atoms with Gasteiger partial charge in [-0.3, -0.25) is 4.79 Å². The Bertz CT molecular complexity index is 626. The van der Waals surface area contributed by atoms with E-state index in [1.807, 2.05) is 62.7 Å². The maximum atomic E-state index is 12.4. The van der Waals surface area contributed by atoms with Crippen LogP contribution in [0.25, 0.3) is 0 Å². The average molecular weight is 286 g/mol. The highest BCUT2D eigenvalue weighted by Gasteiger charge is 2.11. The van der Waals surface area contributed by atoms with Gasteiger partial charge in [-0.15, -0.1) is 11.8 Å². The summed E-state index contributed by atoms with van der Waals surface area (Å²) >= 11 is 1.65. The summed E-state index contributed by atoms with van der Waals surface area (Å²) in [6.45, 7) is 1.98. The van der Waals surface area contributed by atoms with E-state index in [1.165, 1.54) is 0 Å². The Labute approximate surface area is 123 Å². The van der Waals surface area contributed by atoms with Crippen LogP contribution >= 0.6 is 11.8 Å². The van der Waals surface area contributed by atoms with E-state index in [2.05, 4.69) is 10.6 Å². The second-order valence-corrected chi connectivity index (χ2v) is 5.36. The van der Waals surface area contributed by atoms with Crippen molar-refractivity contribution in [3.63, 3.8) is 0 Å². The zero-order valence-electron chi connectivity index (χ0n) is 11.9. The number of anilines is 2. The topological polar surface area (TPSA) is 41.1 Å². The number of carbonyl (C=O) groups is 1. The molecular formula is C16H18N2OS. The molecule has 2 N–H and O–H groups in total. The van der Waals surface area contributed by atoms with Gasteiger partial charge in [0, 0.05) is 23.3 Å². The van der Waals surface area contributed by atoms with Crippen molar-refractivity contribution in [1.29, 1.82) is 0 Å². The molecule has 20 heavy (non-hydrogen) atoms. The number of hydrogen-bond donors (Lipinski definition) is 2. The highest BCUT2D eigenvalue weighted by Crippen LogP contribution is 2.22. The number of rotatable bonds is 4. The van der Waals surface area contributed by atoms with Crippen molar-refractivity contribution in [2.45, 2.75) is 11.8 Å². The minimum atomic E-state index is -0.101. The number of aryl methyl sites for hydroxylation is 1. The standard InChI is InChI=1S/C16H18N2OS/c1-11-7-8-15(17-2)14(9-11)16(19)18-12-5-4-6-13(10-12)20-3/h4-10,17H,1-3H3,(H,18,19). The van der Waals surface area contributed by atoms with Crippen LogP contribution in [0, 0.1) is 6.92 Å². The molecule has 0 heterocycles. The predicted octanol–water partition coefficient (Wildman–Crippen LogP) is 4.01. The van der Waals surface area contributed by atoms with Gasteiger partial charge in [0.15, 0.2) is 0 Å². The molecule has 1 amide bonds. The molecule has 2 rings (SSSR count). The second-order valence-electron chi connectivity index (χ2n) is 4.49. The van der Waals surface area contributed by atoms with E-state index in [0.717, 1.165) is 21.8 Å². The molecule has 0 saturated heterocycles. The van der Waals surface area contributed by atoms with E-state index in [0.29, 0.717) is 5.56 Å². The first-order chi connectivity index (χ1) is 9.63. The van der Waals surface area contributed by atoms with Crippen molar-refractivity contribution >= 4 is 29.0 Å². The van der Waals surface area contributed by atoms with Gasteiger partial charge < -0.3 is 10.6 Å². The molecule has 0 atom stereocenters. The quantitative estimate of drug-likeness (QED) is 0.834. The number of amides is 1. The van der Waals surface area contributed by atoms with Crippen molar-refractivity contribution < 1.29 is 4.79 Å². The number of hydrogen-bond acceptors (Lipinski definition) is 3. The SMILES string of the molecule is CNc1ccc(C)cc1C(=O)Nc1cccc(SC)c1. The fourth-order valence-electron chi connectivity index (χ4n) is 1.96. The first-order valence-electron chi connectivity index (χ1n) is 6.38. The van der Waals surface area contributed by atoms with Gasteiger partial charge in [0.05, 0.1) is 5.56 Å². The van der Waals surface area contributed by atoms with Gasteiger partial charge in [0.25, 0.3) is 5.91 Å².